The Hall–Kier alpha value is -2.18. The second kappa shape index (κ2) is 5.85. The van der Waals surface area contributed by atoms with Gasteiger partial charge in [0.15, 0.2) is 0 Å². The molecule has 2 rings (SSSR count). The molecule has 0 unspecified atom stereocenters. The second-order valence-corrected chi connectivity index (χ2v) is 4.33. The van der Waals surface area contributed by atoms with Crippen molar-refractivity contribution in [2.75, 3.05) is 13.1 Å². The van der Waals surface area contributed by atoms with Gasteiger partial charge in [-0.2, -0.15) is 13.2 Å². The summed E-state index contributed by atoms with van der Waals surface area (Å²) < 4.78 is 35.7. The molecule has 0 aliphatic heterocycles. The number of halogens is 3. The van der Waals surface area contributed by atoms with E-state index in [4.69, 9.17) is 0 Å². The first-order valence-corrected chi connectivity index (χ1v) is 6.09. The van der Waals surface area contributed by atoms with Crippen molar-refractivity contribution in [1.29, 1.82) is 0 Å². The normalized spacial score (nSPS) is 11.6. The molecular formula is C13H14F3N3O. The topological polar surface area (TPSA) is 56.9 Å². The van der Waals surface area contributed by atoms with E-state index in [1.807, 2.05) is 30.5 Å². The summed E-state index contributed by atoms with van der Waals surface area (Å²) in [6, 6.07) is 6.88. The highest BCUT2D eigenvalue weighted by Gasteiger charge is 2.27. The molecule has 1 heterocycles. The number of benzene rings is 1. The molecule has 20 heavy (non-hydrogen) atoms. The van der Waals surface area contributed by atoms with Gasteiger partial charge in [0, 0.05) is 23.6 Å². The molecule has 0 saturated heterocycles. The zero-order chi connectivity index (χ0) is 14.6. The summed E-state index contributed by atoms with van der Waals surface area (Å²) in [5.74, 6) is 0. The minimum Gasteiger partial charge on any atom is -0.361 e. The Balaban J connectivity index is 1.80. The van der Waals surface area contributed by atoms with Crippen molar-refractivity contribution in [3.05, 3.63) is 36.0 Å². The fraction of sp³-hybridized carbons (Fsp3) is 0.308. The highest BCUT2D eigenvalue weighted by atomic mass is 19.4. The molecule has 0 fully saturated rings. The number of hydrogen-bond donors (Lipinski definition) is 3. The standard InChI is InChI=1S/C13H14F3N3O/c14-13(15,16)8-19-12(20)17-6-5-9-7-18-11-4-2-1-3-10(9)11/h1-4,7,18H,5-6,8H2,(H2,17,19,20). The molecule has 0 saturated carbocycles. The van der Waals surface area contributed by atoms with E-state index < -0.39 is 18.8 Å². The van der Waals surface area contributed by atoms with Crippen LogP contribution in [-0.2, 0) is 6.42 Å². The van der Waals surface area contributed by atoms with Crippen molar-refractivity contribution in [2.24, 2.45) is 0 Å². The molecule has 0 aliphatic carbocycles. The summed E-state index contributed by atoms with van der Waals surface area (Å²) in [6.45, 7) is -1.06. The van der Waals surface area contributed by atoms with Crippen LogP contribution in [0.2, 0.25) is 0 Å². The van der Waals surface area contributed by atoms with Gasteiger partial charge in [0.25, 0.3) is 0 Å². The minimum atomic E-state index is -4.39. The van der Waals surface area contributed by atoms with Crippen molar-refractivity contribution in [2.45, 2.75) is 12.6 Å². The van der Waals surface area contributed by atoms with Crippen LogP contribution < -0.4 is 10.6 Å². The lowest BCUT2D eigenvalue weighted by Gasteiger charge is -2.09. The molecule has 1 aromatic heterocycles. The van der Waals surface area contributed by atoms with E-state index in [0.29, 0.717) is 6.42 Å². The smallest absolute Gasteiger partial charge is 0.361 e. The first-order valence-electron chi connectivity index (χ1n) is 6.09. The van der Waals surface area contributed by atoms with Crippen LogP contribution >= 0.6 is 0 Å². The quantitative estimate of drug-likeness (QED) is 0.794. The fourth-order valence-electron chi connectivity index (χ4n) is 1.89. The molecule has 4 nitrogen and oxygen atoms in total. The van der Waals surface area contributed by atoms with Gasteiger partial charge < -0.3 is 15.6 Å². The number of para-hydroxylation sites is 1. The molecule has 108 valence electrons. The number of carbonyl (C=O) groups excluding carboxylic acids is 1. The Morgan fingerprint density at radius 2 is 1.95 bits per heavy atom. The molecule has 0 radical (unpaired) electrons. The molecule has 7 heteroatoms. The summed E-state index contributed by atoms with van der Waals surface area (Å²) >= 11 is 0. The van der Waals surface area contributed by atoms with Gasteiger partial charge >= 0.3 is 12.2 Å². The second-order valence-electron chi connectivity index (χ2n) is 4.33. The zero-order valence-corrected chi connectivity index (χ0v) is 10.6. The van der Waals surface area contributed by atoms with Gasteiger partial charge in [0.1, 0.15) is 6.54 Å². The number of alkyl halides is 3. The summed E-state index contributed by atoms with van der Waals surface area (Å²) in [4.78, 5) is 14.2. The van der Waals surface area contributed by atoms with Crippen LogP contribution in [0.15, 0.2) is 30.5 Å². The van der Waals surface area contributed by atoms with Crippen LogP contribution in [-0.4, -0.2) is 30.3 Å². The predicted molar refractivity (Wildman–Crippen MR) is 69.5 cm³/mol. The summed E-state index contributed by atoms with van der Waals surface area (Å²) in [7, 11) is 0. The maximum absolute atomic E-state index is 11.9. The van der Waals surface area contributed by atoms with E-state index in [-0.39, 0.29) is 6.54 Å². The van der Waals surface area contributed by atoms with E-state index in [9.17, 15) is 18.0 Å². The van der Waals surface area contributed by atoms with Gasteiger partial charge in [-0.1, -0.05) is 18.2 Å². The van der Waals surface area contributed by atoms with Crippen molar-refractivity contribution in [3.8, 4) is 0 Å². The van der Waals surface area contributed by atoms with Gasteiger partial charge in [0.05, 0.1) is 0 Å². The zero-order valence-electron chi connectivity index (χ0n) is 10.6. The number of amides is 2. The van der Waals surface area contributed by atoms with Crippen LogP contribution in [0.1, 0.15) is 5.56 Å². The predicted octanol–water partition coefficient (Wildman–Crippen LogP) is 2.57. The third-order valence-electron chi connectivity index (χ3n) is 2.80. The van der Waals surface area contributed by atoms with Crippen molar-refractivity contribution in [3.63, 3.8) is 0 Å². The number of fused-ring (bicyclic) bond motifs is 1. The SMILES string of the molecule is O=C(NCCc1c[nH]c2ccccc12)NCC(F)(F)F. The number of aromatic nitrogens is 1. The van der Waals surface area contributed by atoms with Crippen LogP contribution in [0.4, 0.5) is 18.0 Å². The van der Waals surface area contributed by atoms with Crippen LogP contribution in [0.3, 0.4) is 0 Å². The largest absolute Gasteiger partial charge is 0.405 e. The van der Waals surface area contributed by atoms with E-state index >= 15 is 0 Å². The first kappa shape index (κ1) is 14.2. The Labute approximate surface area is 113 Å². The van der Waals surface area contributed by atoms with Crippen molar-refractivity contribution in [1.82, 2.24) is 15.6 Å². The van der Waals surface area contributed by atoms with Crippen LogP contribution in [0.25, 0.3) is 10.9 Å². The van der Waals surface area contributed by atoms with Crippen LogP contribution in [0.5, 0.6) is 0 Å². The molecule has 0 aliphatic rings. The fourth-order valence-corrected chi connectivity index (χ4v) is 1.89. The molecule has 2 amide bonds. The summed E-state index contributed by atoms with van der Waals surface area (Å²) in [6.07, 6.45) is -2.02. The average molecular weight is 285 g/mol. The number of hydrogen-bond acceptors (Lipinski definition) is 1. The third-order valence-corrected chi connectivity index (χ3v) is 2.80. The van der Waals surface area contributed by atoms with Crippen molar-refractivity contribution < 1.29 is 18.0 Å². The van der Waals surface area contributed by atoms with Gasteiger partial charge in [0.2, 0.25) is 0 Å². The number of urea groups is 1. The Bertz CT molecular complexity index is 592. The maximum atomic E-state index is 11.9. The molecule has 1 aromatic carbocycles. The third kappa shape index (κ3) is 3.91. The molecule has 0 atom stereocenters. The highest BCUT2D eigenvalue weighted by Crippen LogP contribution is 2.17. The monoisotopic (exact) mass is 285 g/mol. The van der Waals surface area contributed by atoms with E-state index in [1.165, 1.54) is 0 Å². The molecule has 0 bridgehead atoms. The molecular weight excluding hydrogens is 271 g/mol. The lowest BCUT2D eigenvalue weighted by atomic mass is 10.1. The Morgan fingerprint density at radius 3 is 2.70 bits per heavy atom. The molecule has 3 N–H and O–H groups in total. The highest BCUT2D eigenvalue weighted by molar-refractivity contribution is 5.83. The van der Waals surface area contributed by atoms with E-state index in [1.54, 1.807) is 5.32 Å². The van der Waals surface area contributed by atoms with E-state index in [0.717, 1.165) is 16.5 Å². The number of H-pyrrole nitrogens is 1. The summed E-state index contributed by atoms with van der Waals surface area (Å²) in [5, 5.41) is 5.20. The number of rotatable bonds is 4. The minimum absolute atomic E-state index is 0.269. The van der Waals surface area contributed by atoms with Crippen LogP contribution in [0, 0.1) is 0 Å². The van der Waals surface area contributed by atoms with Gasteiger partial charge in [-0.15, -0.1) is 0 Å². The number of carbonyl (C=O) groups is 1. The van der Waals surface area contributed by atoms with Gasteiger partial charge in [-0.3, -0.25) is 0 Å². The van der Waals surface area contributed by atoms with E-state index in [2.05, 4.69) is 10.3 Å². The lowest BCUT2D eigenvalue weighted by Crippen LogP contribution is -2.41. The molecule has 0 spiro atoms. The Kier molecular flexibility index (Phi) is 4.16. The van der Waals surface area contributed by atoms with Gasteiger partial charge in [-0.05, 0) is 18.1 Å². The maximum Gasteiger partial charge on any atom is 0.405 e. The number of aromatic amines is 1. The lowest BCUT2D eigenvalue weighted by molar-refractivity contribution is -0.122. The van der Waals surface area contributed by atoms with Crippen molar-refractivity contribution >= 4 is 16.9 Å². The molecule has 2 aromatic rings. The first-order chi connectivity index (χ1) is 9.46. The van der Waals surface area contributed by atoms with Gasteiger partial charge in [-0.25, -0.2) is 4.79 Å². The number of nitrogens with one attached hydrogen (secondary N) is 3. The average Bonchev–Trinajstić information content (AvgIpc) is 2.79. The Morgan fingerprint density at radius 1 is 1.20 bits per heavy atom. The summed E-state index contributed by atoms with van der Waals surface area (Å²) in [5.41, 5.74) is 2.00.